The van der Waals surface area contributed by atoms with Crippen molar-refractivity contribution in [2.75, 3.05) is 0 Å². The standard InChI is InChI=1S/C50H32N4O/c1-3-13-35(14-4-1)49-51-43-18-8-10-20-45(43)53(49)39-29-38(30-40(32-39)54-46-21-11-9-19-44(46)52-50(54)36-15-5-2-6-16-36)34-25-23-33(24-26-34)37-27-28-48-42(31-37)41-17-7-12-22-47(41)55-48/h1-32H. The van der Waals surface area contributed by atoms with Crippen LogP contribution in [0.2, 0.25) is 0 Å². The molecule has 5 heteroatoms. The van der Waals surface area contributed by atoms with E-state index >= 15 is 0 Å². The number of para-hydroxylation sites is 5. The lowest BCUT2D eigenvalue weighted by Gasteiger charge is -2.17. The number of fused-ring (bicyclic) bond motifs is 5. The van der Waals surface area contributed by atoms with Crippen LogP contribution in [0.15, 0.2) is 199 Å². The molecule has 0 aliphatic carbocycles. The average Bonchev–Trinajstić information content (AvgIpc) is 3.96. The van der Waals surface area contributed by atoms with Crippen LogP contribution < -0.4 is 0 Å². The van der Waals surface area contributed by atoms with Gasteiger partial charge in [-0.2, -0.15) is 0 Å². The van der Waals surface area contributed by atoms with Gasteiger partial charge in [-0.3, -0.25) is 9.13 Å². The van der Waals surface area contributed by atoms with Gasteiger partial charge in [0, 0.05) is 21.9 Å². The molecule has 0 N–H and O–H groups in total. The number of rotatable bonds is 6. The number of aromatic nitrogens is 4. The van der Waals surface area contributed by atoms with Crippen LogP contribution in [-0.2, 0) is 0 Å². The van der Waals surface area contributed by atoms with Gasteiger partial charge in [-0.25, -0.2) is 9.97 Å². The molecule has 0 saturated carbocycles. The van der Waals surface area contributed by atoms with Crippen molar-refractivity contribution in [2.45, 2.75) is 0 Å². The zero-order valence-corrected chi connectivity index (χ0v) is 29.7. The molecule has 0 fully saturated rings. The average molecular weight is 705 g/mol. The van der Waals surface area contributed by atoms with Gasteiger partial charge in [0.2, 0.25) is 0 Å². The Bertz CT molecular complexity index is 3050. The summed E-state index contributed by atoms with van der Waals surface area (Å²) in [7, 11) is 0. The van der Waals surface area contributed by atoms with Crippen LogP contribution in [0.4, 0.5) is 0 Å². The van der Waals surface area contributed by atoms with E-state index in [0.29, 0.717) is 0 Å². The molecule has 3 aromatic heterocycles. The van der Waals surface area contributed by atoms with Crippen molar-refractivity contribution in [1.82, 2.24) is 19.1 Å². The Morgan fingerprint density at radius 2 is 0.800 bits per heavy atom. The normalized spacial score (nSPS) is 11.6. The fourth-order valence-electron chi connectivity index (χ4n) is 7.92. The first kappa shape index (κ1) is 31.1. The lowest BCUT2D eigenvalue weighted by atomic mass is 9.98. The maximum Gasteiger partial charge on any atom is 0.145 e. The second kappa shape index (κ2) is 12.6. The maximum atomic E-state index is 6.12. The topological polar surface area (TPSA) is 48.8 Å². The minimum atomic E-state index is 0.890. The summed E-state index contributed by atoms with van der Waals surface area (Å²) in [4.78, 5) is 10.4. The third-order valence-corrected chi connectivity index (χ3v) is 10.5. The van der Waals surface area contributed by atoms with Crippen LogP contribution >= 0.6 is 0 Å². The number of hydrogen-bond acceptors (Lipinski definition) is 3. The highest BCUT2D eigenvalue weighted by molar-refractivity contribution is 6.06. The van der Waals surface area contributed by atoms with Crippen LogP contribution in [0, 0.1) is 0 Å². The number of benzene rings is 8. The van der Waals surface area contributed by atoms with E-state index < -0.39 is 0 Å². The molecule has 258 valence electrons. The van der Waals surface area contributed by atoms with E-state index in [9.17, 15) is 0 Å². The second-order valence-corrected chi connectivity index (χ2v) is 13.9. The highest BCUT2D eigenvalue weighted by Gasteiger charge is 2.20. The SMILES string of the molecule is c1ccc(-c2nc3ccccc3n2-c2cc(-c3ccc(-c4ccc5oc6ccccc6c5c4)cc3)cc(-n3c(-c4ccccc4)nc4ccccc43)c2)cc1. The molecular formula is C50H32N4O. The predicted octanol–water partition coefficient (Wildman–Crippen LogP) is 12.9. The molecular weight excluding hydrogens is 673 g/mol. The Kier molecular flexibility index (Phi) is 7.10. The van der Waals surface area contributed by atoms with Crippen molar-refractivity contribution in [3.63, 3.8) is 0 Å². The van der Waals surface area contributed by atoms with Crippen LogP contribution in [-0.4, -0.2) is 19.1 Å². The molecule has 0 atom stereocenters. The van der Waals surface area contributed by atoms with Crippen molar-refractivity contribution < 1.29 is 4.42 Å². The van der Waals surface area contributed by atoms with E-state index in [2.05, 4.69) is 179 Å². The second-order valence-electron chi connectivity index (χ2n) is 13.9. The van der Waals surface area contributed by atoms with Crippen molar-refractivity contribution >= 4 is 44.0 Å². The highest BCUT2D eigenvalue weighted by atomic mass is 16.3. The van der Waals surface area contributed by atoms with Gasteiger partial charge in [-0.15, -0.1) is 0 Å². The Morgan fingerprint density at radius 3 is 1.40 bits per heavy atom. The third kappa shape index (κ3) is 5.24. The summed E-state index contributed by atoms with van der Waals surface area (Å²) in [6.07, 6.45) is 0. The van der Waals surface area contributed by atoms with Crippen molar-refractivity contribution in [3.8, 4) is 56.4 Å². The summed E-state index contributed by atoms with van der Waals surface area (Å²) >= 11 is 0. The van der Waals surface area contributed by atoms with Gasteiger partial charge in [-0.1, -0.05) is 133 Å². The van der Waals surface area contributed by atoms with E-state index in [-0.39, 0.29) is 0 Å². The molecule has 0 unspecified atom stereocenters. The van der Waals surface area contributed by atoms with E-state index in [1.54, 1.807) is 0 Å². The van der Waals surface area contributed by atoms with Crippen molar-refractivity contribution in [2.24, 2.45) is 0 Å². The Labute approximate surface area is 317 Å². The summed E-state index contributed by atoms with van der Waals surface area (Å²) in [6.45, 7) is 0. The fraction of sp³-hybridized carbons (Fsp3) is 0. The van der Waals surface area contributed by atoms with E-state index in [0.717, 1.165) is 100 Å². The molecule has 0 aliphatic rings. The highest BCUT2D eigenvalue weighted by Crippen LogP contribution is 2.37. The number of nitrogens with zero attached hydrogens (tertiary/aromatic N) is 4. The third-order valence-electron chi connectivity index (χ3n) is 10.5. The molecule has 0 aliphatic heterocycles. The first-order chi connectivity index (χ1) is 27.2. The van der Waals surface area contributed by atoms with E-state index in [1.165, 1.54) is 0 Å². The summed E-state index contributed by atoms with van der Waals surface area (Å²) in [5, 5.41) is 2.25. The Balaban J connectivity index is 1.13. The predicted molar refractivity (Wildman–Crippen MR) is 225 cm³/mol. The molecule has 0 spiro atoms. The first-order valence-corrected chi connectivity index (χ1v) is 18.5. The largest absolute Gasteiger partial charge is 0.456 e. The lowest BCUT2D eigenvalue weighted by Crippen LogP contribution is -2.03. The molecule has 3 heterocycles. The van der Waals surface area contributed by atoms with Crippen LogP contribution in [0.1, 0.15) is 0 Å². The zero-order chi connectivity index (χ0) is 36.3. The number of imidazole rings is 2. The summed E-state index contributed by atoms with van der Waals surface area (Å²) in [5.74, 6) is 1.78. The minimum Gasteiger partial charge on any atom is -0.456 e. The summed E-state index contributed by atoms with van der Waals surface area (Å²) in [5.41, 5.74) is 14.4. The zero-order valence-electron chi connectivity index (χ0n) is 29.7. The molecule has 0 bridgehead atoms. The van der Waals surface area contributed by atoms with Gasteiger partial charge in [0.1, 0.15) is 22.8 Å². The van der Waals surface area contributed by atoms with E-state index in [1.807, 2.05) is 24.3 Å². The summed E-state index contributed by atoms with van der Waals surface area (Å²) < 4.78 is 10.7. The first-order valence-electron chi connectivity index (χ1n) is 18.5. The smallest absolute Gasteiger partial charge is 0.145 e. The van der Waals surface area contributed by atoms with Gasteiger partial charge in [-0.05, 0) is 82.9 Å². The van der Waals surface area contributed by atoms with Crippen molar-refractivity contribution in [3.05, 3.63) is 194 Å². The van der Waals surface area contributed by atoms with Gasteiger partial charge in [0.25, 0.3) is 0 Å². The monoisotopic (exact) mass is 704 g/mol. The van der Waals surface area contributed by atoms with Gasteiger partial charge in [0.15, 0.2) is 0 Å². The molecule has 11 rings (SSSR count). The molecule has 0 amide bonds. The Hall–Kier alpha value is -7.50. The fourth-order valence-corrected chi connectivity index (χ4v) is 7.92. The molecule has 0 saturated heterocycles. The van der Waals surface area contributed by atoms with Crippen molar-refractivity contribution in [1.29, 1.82) is 0 Å². The molecule has 5 nitrogen and oxygen atoms in total. The van der Waals surface area contributed by atoms with Crippen LogP contribution in [0.3, 0.4) is 0 Å². The van der Waals surface area contributed by atoms with Gasteiger partial charge >= 0.3 is 0 Å². The van der Waals surface area contributed by atoms with Crippen LogP contribution in [0.25, 0.3) is 100 Å². The quantitative estimate of drug-likeness (QED) is 0.173. The van der Waals surface area contributed by atoms with E-state index in [4.69, 9.17) is 14.4 Å². The molecule has 0 radical (unpaired) electrons. The number of furan rings is 1. The van der Waals surface area contributed by atoms with Gasteiger partial charge < -0.3 is 4.42 Å². The number of hydrogen-bond donors (Lipinski definition) is 0. The molecule has 8 aromatic carbocycles. The van der Waals surface area contributed by atoms with Gasteiger partial charge in [0.05, 0.1) is 33.4 Å². The lowest BCUT2D eigenvalue weighted by molar-refractivity contribution is 0.669. The summed E-state index contributed by atoms with van der Waals surface area (Å²) in [6, 6.07) is 68.0. The maximum absolute atomic E-state index is 6.12. The molecule has 55 heavy (non-hydrogen) atoms. The molecule has 11 aromatic rings. The van der Waals surface area contributed by atoms with Crippen LogP contribution in [0.5, 0.6) is 0 Å². The minimum absolute atomic E-state index is 0.890. The Morgan fingerprint density at radius 1 is 0.327 bits per heavy atom.